The van der Waals surface area contributed by atoms with Gasteiger partial charge in [0.1, 0.15) is 12.4 Å². The SMILES string of the molecule is Cc1cc(Cl)cc(C)c1OCc1ccc(C(=O)O)cc1. The third-order valence-electron chi connectivity index (χ3n) is 3.01. The smallest absolute Gasteiger partial charge is 0.335 e. The highest BCUT2D eigenvalue weighted by Crippen LogP contribution is 2.27. The van der Waals surface area contributed by atoms with Crippen LogP contribution < -0.4 is 4.74 Å². The minimum atomic E-state index is -0.929. The van der Waals surface area contributed by atoms with Crippen molar-refractivity contribution in [1.82, 2.24) is 0 Å². The second-order valence-electron chi connectivity index (χ2n) is 4.66. The molecule has 0 unspecified atom stereocenters. The van der Waals surface area contributed by atoms with Crippen molar-refractivity contribution >= 4 is 17.6 Å². The fourth-order valence-corrected chi connectivity index (χ4v) is 2.35. The Morgan fingerprint density at radius 2 is 1.70 bits per heavy atom. The minimum Gasteiger partial charge on any atom is -0.488 e. The number of benzene rings is 2. The Hall–Kier alpha value is -2.00. The molecule has 2 rings (SSSR count). The van der Waals surface area contributed by atoms with Gasteiger partial charge < -0.3 is 9.84 Å². The molecule has 4 heteroatoms. The van der Waals surface area contributed by atoms with E-state index in [1.54, 1.807) is 24.3 Å². The number of halogens is 1. The molecule has 0 atom stereocenters. The van der Waals surface area contributed by atoms with Gasteiger partial charge in [0.05, 0.1) is 5.56 Å². The number of aryl methyl sites for hydroxylation is 2. The van der Waals surface area contributed by atoms with Crippen LogP contribution in [0.3, 0.4) is 0 Å². The van der Waals surface area contributed by atoms with Gasteiger partial charge in [-0.3, -0.25) is 0 Å². The van der Waals surface area contributed by atoms with Gasteiger partial charge in [-0.25, -0.2) is 4.79 Å². The molecule has 104 valence electrons. The van der Waals surface area contributed by atoms with E-state index in [4.69, 9.17) is 21.4 Å². The zero-order chi connectivity index (χ0) is 14.7. The fourth-order valence-electron chi connectivity index (χ4n) is 2.02. The van der Waals surface area contributed by atoms with Crippen molar-refractivity contribution in [2.75, 3.05) is 0 Å². The number of carboxylic acids is 1. The van der Waals surface area contributed by atoms with Gasteiger partial charge in [0, 0.05) is 5.02 Å². The first kappa shape index (κ1) is 14.4. The summed E-state index contributed by atoms with van der Waals surface area (Å²) in [6.45, 7) is 4.28. The van der Waals surface area contributed by atoms with E-state index in [1.165, 1.54) is 0 Å². The predicted molar refractivity (Wildman–Crippen MR) is 78.7 cm³/mol. The molecule has 0 amide bonds. The number of ether oxygens (including phenoxy) is 1. The molecule has 0 aliphatic carbocycles. The first-order chi connectivity index (χ1) is 9.47. The monoisotopic (exact) mass is 290 g/mol. The fraction of sp³-hybridized carbons (Fsp3) is 0.188. The summed E-state index contributed by atoms with van der Waals surface area (Å²) in [7, 11) is 0. The van der Waals surface area contributed by atoms with Crippen molar-refractivity contribution < 1.29 is 14.6 Å². The summed E-state index contributed by atoms with van der Waals surface area (Å²) in [5.74, 6) is -0.112. The molecule has 0 saturated carbocycles. The highest BCUT2D eigenvalue weighted by atomic mass is 35.5. The molecule has 0 heterocycles. The van der Waals surface area contributed by atoms with Crippen LogP contribution in [0.4, 0.5) is 0 Å². The van der Waals surface area contributed by atoms with Gasteiger partial charge in [0.15, 0.2) is 0 Å². The number of hydrogen-bond acceptors (Lipinski definition) is 2. The lowest BCUT2D eigenvalue weighted by atomic mass is 10.1. The van der Waals surface area contributed by atoms with Crippen molar-refractivity contribution in [1.29, 1.82) is 0 Å². The Morgan fingerprint density at radius 1 is 1.15 bits per heavy atom. The molecule has 0 fully saturated rings. The van der Waals surface area contributed by atoms with Gasteiger partial charge in [-0.2, -0.15) is 0 Å². The summed E-state index contributed by atoms with van der Waals surface area (Å²) in [5, 5.41) is 9.53. The maximum atomic E-state index is 10.8. The second-order valence-corrected chi connectivity index (χ2v) is 5.10. The van der Waals surface area contributed by atoms with E-state index < -0.39 is 5.97 Å². The summed E-state index contributed by atoms with van der Waals surface area (Å²) in [6, 6.07) is 10.4. The Morgan fingerprint density at radius 3 is 2.20 bits per heavy atom. The Bertz CT molecular complexity index is 610. The van der Waals surface area contributed by atoms with E-state index in [0.29, 0.717) is 11.6 Å². The molecule has 0 bridgehead atoms. The maximum absolute atomic E-state index is 10.8. The molecule has 0 aliphatic rings. The molecular weight excluding hydrogens is 276 g/mol. The molecule has 0 aromatic heterocycles. The summed E-state index contributed by atoms with van der Waals surface area (Å²) in [6.07, 6.45) is 0. The molecule has 2 aromatic rings. The number of carbonyl (C=O) groups is 1. The van der Waals surface area contributed by atoms with E-state index in [2.05, 4.69) is 0 Å². The number of aromatic carboxylic acids is 1. The molecule has 0 spiro atoms. The van der Waals surface area contributed by atoms with Crippen LogP contribution in [-0.2, 0) is 6.61 Å². The third kappa shape index (κ3) is 3.31. The summed E-state index contributed by atoms with van der Waals surface area (Å²) in [5.41, 5.74) is 3.16. The van der Waals surface area contributed by atoms with Crippen LogP contribution in [0.2, 0.25) is 5.02 Å². The Balaban J connectivity index is 2.11. The highest BCUT2D eigenvalue weighted by molar-refractivity contribution is 6.30. The standard InChI is InChI=1S/C16H15ClO3/c1-10-7-14(17)8-11(2)15(10)20-9-12-3-5-13(6-4-12)16(18)19/h3-8H,9H2,1-2H3,(H,18,19). The van der Waals surface area contributed by atoms with Gasteiger partial charge in [0.25, 0.3) is 0 Å². The third-order valence-corrected chi connectivity index (χ3v) is 3.23. The molecular formula is C16H15ClO3. The van der Waals surface area contributed by atoms with Crippen molar-refractivity contribution in [2.45, 2.75) is 20.5 Å². The minimum absolute atomic E-state index is 0.271. The predicted octanol–water partition coefficient (Wildman–Crippen LogP) is 4.23. The van der Waals surface area contributed by atoms with Gasteiger partial charge in [-0.05, 0) is 54.8 Å². The lowest BCUT2D eigenvalue weighted by molar-refractivity contribution is 0.0697. The topological polar surface area (TPSA) is 46.5 Å². The Labute approximate surface area is 122 Å². The Kier molecular flexibility index (Phi) is 4.30. The van der Waals surface area contributed by atoms with E-state index >= 15 is 0 Å². The van der Waals surface area contributed by atoms with Crippen LogP contribution in [0, 0.1) is 13.8 Å². The molecule has 0 saturated heterocycles. The number of carboxylic acid groups (broad SMARTS) is 1. The molecule has 0 radical (unpaired) electrons. The van der Waals surface area contributed by atoms with Crippen LogP contribution in [-0.4, -0.2) is 11.1 Å². The maximum Gasteiger partial charge on any atom is 0.335 e. The van der Waals surface area contributed by atoms with Crippen molar-refractivity contribution in [3.63, 3.8) is 0 Å². The largest absolute Gasteiger partial charge is 0.488 e. The van der Waals surface area contributed by atoms with Gasteiger partial charge in [-0.1, -0.05) is 23.7 Å². The van der Waals surface area contributed by atoms with Gasteiger partial charge >= 0.3 is 5.97 Å². The lowest BCUT2D eigenvalue weighted by Crippen LogP contribution is -2.00. The highest BCUT2D eigenvalue weighted by Gasteiger charge is 2.07. The quantitative estimate of drug-likeness (QED) is 0.916. The van der Waals surface area contributed by atoms with Crippen LogP contribution in [0.25, 0.3) is 0 Å². The summed E-state index contributed by atoms with van der Waals surface area (Å²) >= 11 is 5.98. The number of rotatable bonds is 4. The van der Waals surface area contributed by atoms with Gasteiger partial charge in [-0.15, -0.1) is 0 Å². The zero-order valence-electron chi connectivity index (χ0n) is 11.3. The molecule has 1 N–H and O–H groups in total. The van der Waals surface area contributed by atoms with Crippen LogP contribution in [0.5, 0.6) is 5.75 Å². The van der Waals surface area contributed by atoms with E-state index in [-0.39, 0.29) is 5.56 Å². The van der Waals surface area contributed by atoms with Crippen LogP contribution >= 0.6 is 11.6 Å². The number of hydrogen-bond donors (Lipinski definition) is 1. The zero-order valence-corrected chi connectivity index (χ0v) is 12.1. The average molecular weight is 291 g/mol. The first-order valence-electron chi connectivity index (χ1n) is 6.19. The first-order valence-corrected chi connectivity index (χ1v) is 6.57. The van der Waals surface area contributed by atoms with E-state index in [9.17, 15) is 4.79 Å². The molecule has 20 heavy (non-hydrogen) atoms. The second kappa shape index (κ2) is 5.97. The lowest BCUT2D eigenvalue weighted by Gasteiger charge is -2.12. The average Bonchev–Trinajstić information content (AvgIpc) is 2.38. The van der Waals surface area contributed by atoms with E-state index in [1.807, 2.05) is 26.0 Å². The molecule has 3 nitrogen and oxygen atoms in total. The van der Waals surface area contributed by atoms with Crippen molar-refractivity contribution in [2.24, 2.45) is 0 Å². The van der Waals surface area contributed by atoms with E-state index in [0.717, 1.165) is 22.4 Å². The molecule has 0 aliphatic heterocycles. The van der Waals surface area contributed by atoms with Crippen LogP contribution in [0.15, 0.2) is 36.4 Å². The normalized spacial score (nSPS) is 10.3. The van der Waals surface area contributed by atoms with Crippen LogP contribution in [0.1, 0.15) is 27.0 Å². The van der Waals surface area contributed by atoms with Gasteiger partial charge in [0.2, 0.25) is 0 Å². The van der Waals surface area contributed by atoms with Crippen molar-refractivity contribution in [3.05, 3.63) is 63.7 Å². The summed E-state index contributed by atoms with van der Waals surface area (Å²) < 4.78 is 5.80. The summed E-state index contributed by atoms with van der Waals surface area (Å²) in [4.78, 5) is 10.8. The van der Waals surface area contributed by atoms with Crippen molar-refractivity contribution in [3.8, 4) is 5.75 Å². The molecule has 2 aromatic carbocycles.